The van der Waals surface area contributed by atoms with Crippen molar-refractivity contribution in [2.45, 2.75) is 6.42 Å². The third kappa shape index (κ3) is 1.90. The zero-order valence-electron chi connectivity index (χ0n) is 6.47. The molecule has 0 aliphatic carbocycles. The number of pyridine rings is 1. The van der Waals surface area contributed by atoms with Crippen LogP contribution in [0.1, 0.15) is 5.56 Å². The van der Waals surface area contributed by atoms with Crippen LogP contribution >= 0.6 is 0 Å². The molecule has 0 aliphatic heterocycles. The van der Waals surface area contributed by atoms with E-state index >= 15 is 0 Å². The van der Waals surface area contributed by atoms with Gasteiger partial charge in [-0.25, -0.2) is 0 Å². The van der Waals surface area contributed by atoms with E-state index in [1.165, 1.54) is 6.20 Å². The van der Waals surface area contributed by atoms with Crippen LogP contribution in [0.2, 0.25) is 0 Å². The molecule has 6 nitrogen and oxygen atoms in total. The molecule has 0 bridgehead atoms. The minimum atomic E-state index is -0.786. The van der Waals surface area contributed by atoms with Crippen molar-refractivity contribution in [2.75, 3.05) is 0 Å². The van der Waals surface area contributed by atoms with Gasteiger partial charge in [-0.1, -0.05) is 0 Å². The Morgan fingerprint density at radius 3 is 2.92 bits per heavy atom. The fourth-order valence-corrected chi connectivity index (χ4v) is 0.816. The van der Waals surface area contributed by atoms with E-state index in [2.05, 4.69) is 4.98 Å². The summed E-state index contributed by atoms with van der Waals surface area (Å²) in [4.78, 5) is 12.8. The Morgan fingerprint density at radius 1 is 1.77 bits per heavy atom. The number of hydrogen-bond acceptors (Lipinski definition) is 5. The first-order valence-electron chi connectivity index (χ1n) is 3.34. The molecule has 1 rings (SSSR count). The Balaban J connectivity index is 3.07. The minimum Gasteiger partial charge on any atom is -0.501 e. The van der Waals surface area contributed by atoms with Crippen molar-refractivity contribution in [3.05, 3.63) is 27.9 Å². The van der Waals surface area contributed by atoms with Crippen molar-refractivity contribution < 1.29 is 10.0 Å². The lowest BCUT2D eigenvalue weighted by atomic mass is 10.2. The third-order valence-electron chi connectivity index (χ3n) is 1.36. The van der Waals surface area contributed by atoms with E-state index in [0.717, 1.165) is 6.07 Å². The second-order valence-corrected chi connectivity index (χ2v) is 2.28. The third-order valence-corrected chi connectivity index (χ3v) is 1.36. The summed E-state index contributed by atoms with van der Waals surface area (Å²) in [5, 5.41) is 27.6. The first kappa shape index (κ1) is 8.93. The zero-order valence-corrected chi connectivity index (χ0v) is 6.47. The van der Waals surface area contributed by atoms with Crippen molar-refractivity contribution in [3.63, 3.8) is 0 Å². The first-order chi connectivity index (χ1) is 6.15. The second-order valence-electron chi connectivity index (χ2n) is 2.28. The molecule has 0 aliphatic rings. The molecule has 0 spiro atoms. The van der Waals surface area contributed by atoms with Crippen LogP contribution in [0.4, 0.5) is 5.82 Å². The zero-order chi connectivity index (χ0) is 9.84. The quantitative estimate of drug-likeness (QED) is 0.533. The Morgan fingerprint density at radius 2 is 2.46 bits per heavy atom. The number of aromatic nitrogens is 1. The highest BCUT2D eigenvalue weighted by Crippen LogP contribution is 2.22. The van der Waals surface area contributed by atoms with Crippen LogP contribution in [0.25, 0.3) is 0 Å². The van der Waals surface area contributed by atoms with E-state index < -0.39 is 16.5 Å². The van der Waals surface area contributed by atoms with E-state index in [4.69, 9.17) is 10.4 Å². The van der Waals surface area contributed by atoms with Crippen LogP contribution < -0.4 is 0 Å². The van der Waals surface area contributed by atoms with Crippen LogP contribution in [0.15, 0.2) is 12.3 Å². The van der Waals surface area contributed by atoms with Gasteiger partial charge in [-0.15, -0.1) is 0 Å². The lowest BCUT2D eigenvalue weighted by Gasteiger charge is -1.95. The summed E-state index contributed by atoms with van der Waals surface area (Å²) >= 11 is 0. The lowest BCUT2D eigenvalue weighted by molar-refractivity contribution is -0.390. The summed E-state index contributed by atoms with van der Waals surface area (Å²) in [6.07, 6.45) is 1.26. The van der Waals surface area contributed by atoms with Gasteiger partial charge in [0.2, 0.25) is 5.75 Å². The van der Waals surface area contributed by atoms with E-state index in [1.54, 1.807) is 0 Å². The van der Waals surface area contributed by atoms with Crippen LogP contribution in [0.5, 0.6) is 5.75 Å². The van der Waals surface area contributed by atoms with Crippen molar-refractivity contribution in [1.82, 2.24) is 4.98 Å². The average Bonchev–Trinajstić information content (AvgIpc) is 2.04. The fraction of sp³-hybridized carbons (Fsp3) is 0.143. The van der Waals surface area contributed by atoms with Gasteiger partial charge in [0.25, 0.3) is 0 Å². The number of nitrogens with zero attached hydrogens (tertiary/aromatic N) is 3. The van der Waals surface area contributed by atoms with E-state index in [-0.39, 0.29) is 6.42 Å². The first-order valence-corrected chi connectivity index (χ1v) is 3.34. The monoisotopic (exact) mass is 179 g/mol. The molecule has 1 N–H and O–H groups in total. The highest BCUT2D eigenvalue weighted by molar-refractivity contribution is 5.40. The van der Waals surface area contributed by atoms with Gasteiger partial charge in [0.1, 0.15) is 6.20 Å². The number of hydrogen-bond donors (Lipinski definition) is 1. The molecule has 13 heavy (non-hydrogen) atoms. The summed E-state index contributed by atoms with van der Waals surface area (Å²) in [5.41, 5.74) is 0.450. The summed E-state index contributed by atoms with van der Waals surface area (Å²) < 4.78 is 0. The van der Waals surface area contributed by atoms with E-state index in [0.29, 0.717) is 5.56 Å². The molecule has 6 heteroatoms. The summed E-state index contributed by atoms with van der Waals surface area (Å²) in [7, 11) is 0. The van der Waals surface area contributed by atoms with Crippen molar-refractivity contribution in [3.8, 4) is 11.8 Å². The van der Waals surface area contributed by atoms with Crippen LogP contribution in [-0.2, 0) is 6.42 Å². The summed E-state index contributed by atoms with van der Waals surface area (Å²) in [6.45, 7) is 0. The number of nitriles is 1. The predicted molar refractivity (Wildman–Crippen MR) is 41.9 cm³/mol. The lowest BCUT2D eigenvalue weighted by Crippen LogP contribution is -1.93. The van der Waals surface area contributed by atoms with Crippen LogP contribution in [0, 0.1) is 21.4 Å². The SMILES string of the molecule is N#CCc1cnc([N+](=O)[O-])c(O)c1. The Kier molecular flexibility index (Phi) is 2.40. The average molecular weight is 179 g/mol. The van der Waals surface area contributed by atoms with Gasteiger partial charge < -0.3 is 15.2 Å². The fourth-order valence-electron chi connectivity index (χ4n) is 0.816. The number of nitro groups is 1. The maximum Gasteiger partial charge on any atom is 0.405 e. The molecule has 0 aromatic carbocycles. The molecule has 0 amide bonds. The minimum absolute atomic E-state index is 0.0680. The molecule has 66 valence electrons. The molecular weight excluding hydrogens is 174 g/mol. The molecule has 1 aromatic rings. The smallest absolute Gasteiger partial charge is 0.405 e. The van der Waals surface area contributed by atoms with Crippen molar-refractivity contribution >= 4 is 5.82 Å². The van der Waals surface area contributed by atoms with Crippen LogP contribution in [-0.4, -0.2) is 15.0 Å². The van der Waals surface area contributed by atoms with Crippen molar-refractivity contribution in [2.24, 2.45) is 0 Å². The van der Waals surface area contributed by atoms with Gasteiger partial charge in [0, 0.05) is 5.56 Å². The van der Waals surface area contributed by atoms with E-state index in [9.17, 15) is 10.1 Å². The van der Waals surface area contributed by atoms with Gasteiger partial charge in [0.15, 0.2) is 0 Å². The number of aromatic hydroxyl groups is 1. The molecule has 1 heterocycles. The maximum absolute atomic E-state index is 10.2. The Bertz CT molecular complexity index is 383. The Hall–Kier alpha value is -2.16. The predicted octanol–water partition coefficient (Wildman–Crippen LogP) is 0.761. The molecule has 0 saturated carbocycles. The van der Waals surface area contributed by atoms with Crippen molar-refractivity contribution in [1.29, 1.82) is 5.26 Å². The second kappa shape index (κ2) is 3.49. The highest BCUT2D eigenvalue weighted by atomic mass is 16.6. The highest BCUT2D eigenvalue weighted by Gasteiger charge is 2.14. The molecule has 0 atom stereocenters. The molecular formula is C7H5N3O3. The molecule has 1 aromatic heterocycles. The van der Waals surface area contributed by atoms with Gasteiger partial charge in [-0.05, 0) is 16.0 Å². The molecule has 0 radical (unpaired) electrons. The standard InChI is InChI=1S/C7H5N3O3/c8-2-1-5-3-6(11)7(9-4-5)10(12)13/h3-4,11H,1H2. The van der Waals surface area contributed by atoms with E-state index in [1.807, 2.05) is 6.07 Å². The van der Waals surface area contributed by atoms with Gasteiger partial charge in [-0.2, -0.15) is 5.26 Å². The van der Waals surface area contributed by atoms with Gasteiger partial charge >= 0.3 is 5.82 Å². The normalized spacial score (nSPS) is 9.15. The largest absolute Gasteiger partial charge is 0.501 e. The molecule has 0 unspecified atom stereocenters. The molecule has 0 saturated heterocycles. The molecule has 0 fully saturated rings. The number of rotatable bonds is 2. The summed E-state index contributed by atoms with van der Waals surface area (Å²) in [5.74, 6) is -1.11. The van der Waals surface area contributed by atoms with Gasteiger partial charge in [0.05, 0.1) is 12.5 Å². The maximum atomic E-state index is 10.2. The Labute approximate surface area is 73.2 Å². The summed E-state index contributed by atoms with van der Waals surface area (Å²) in [6, 6.07) is 3.00. The topological polar surface area (TPSA) is 100 Å². The van der Waals surface area contributed by atoms with Crippen LogP contribution in [0.3, 0.4) is 0 Å². The van der Waals surface area contributed by atoms with Gasteiger partial charge in [-0.3, -0.25) is 0 Å².